The van der Waals surface area contributed by atoms with E-state index in [1.807, 2.05) is 13.0 Å². The molecule has 0 aliphatic carbocycles. The first-order valence-electron chi connectivity index (χ1n) is 10.8. The highest BCUT2D eigenvalue weighted by Gasteiger charge is 2.46. The van der Waals surface area contributed by atoms with Gasteiger partial charge in [-0.25, -0.2) is 18.5 Å². The van der Waals surface area contributed by atoms with Crippen molar-refractivity contribution in [2.24, 2.45) is 0 Å². The number of aryl methyl sites for hydroxylation is 1. The molecule has 4 amide bonds. The summed E-state index contributed by atoms with van der Waals surface area (Å²) in [7, 11) is 0. The summed E-state index contributed by atoms with van der Waals surface area (Å²) in [6.45, 7) is 1.89. The van der Waals surface area contributed by atoms with Crippen molar-refractivity contribution in [3.05, 3.63) is 95.6 Å². The van der Waals surface area contributed by atoms with E-state index in [1.54, 1.807) is 36.4 Å². The Hall–Kier alpha value is -4.07. The van der Waals surface area contributed by atoms with Crippen LogP contribution in [0.4, 0.5) is 25.0 Å². The maximum atomic E-state index is 14.1. The van der Waals surface area contributed by atoms with Crippen LogP contribution in [-0.2, 0) is 16.0 Å². The van der Waals surface area contributed by atoms with Crippen molar-refractivity contribution in [1.29, 1.82) is 0 Å². The van der Waals surface area contributed by atoms with Gasteiger partial charge in [-0.05, 0) is 60.9 Å². The molecule has 0 radical (unpaired) electrons. The number of carbonyl (C=O) groups is 3. The number of rotatable bonds is 7. The maximum Gasteiger partial charge on any atom is 0.332 e. The zero-order chi connectivity index (χ0) is 24.2. The minimum absolute atomic E-state index is 0.0474. The van der Waals surface area contributed by atoms with Crippen molar-refractivity contribution in [2.45, 2.75) is 25.8 Å². The highest BCUT2D eigenvalue weighted by Crippen LogP contribution is 2.28. The number of imide groups is 1. The second-order valence-corrected chi connectivity index (χ2v) is 8.11. The standard InChI is InChI=1S/C26H23F2N3O3/c1-17-6-4-10-21(14-17)31-25(33)23(16-24(32)29-20-9-5-8-19(27)15-20)30(26(31)34)13-12-18-7-2-3-11-22(18)28/h2-11,14-15,23H,12-13,16H2,1H3,(H,29,32)/t23-/m1/s1. The molecular formula is C26H23F2N3O3. The van der Waals surface area contributed by atoms with Crippen LogP contribution in [0.25, 0.3) is 0 Å². The van der Waals surface area contributed by atoms with Crippen LogP contribution in [0.15, 0.2) is 72.8 Å². The van der Waals surface area contributed by atoms with Crippen molar-refractivity contribution in [1.82, 2.24) is 4.90 Å². The van der Waals surface area contributed by atoms with Crippen molar-refractivity contribution in [2.75, 3.05) is 16.8 Å². The number of halogens is 2. The topological polar surface area (TPSA) is 69.7 Å². The molecule has 3 aromatic carbocycles. The third kappa shape index (κ3) is 4.96. The third-order valence-corrected chi connectivity index (χ3v) is 5.65. The molecule has 1 N–H and O–H groups in total. The van der Waals surface area contributed by atoms with Gasteiger partial charge in [-0.3, -0.25) is 9.59 Å². The quantitative estimate of drug-likeness (QED) is 0.517. The van der Waals surface area contributed by atoms with E-state index in [9.17, 15) is 23.2 Å². The molecule has 1 aliphatic rings. The average Bonchev–Trinajstić information content (AvgIpc) is 3.02. The molecule has 0 spiro atoms. The Bertz CT molecular complexity index is 1250. The number of nitrogens with zero attached hydrogens (tertiary/aromatic N) is 2. The SMILES string of the molecule is Cc1cccc(N2C(=O)[C@@H](CC(=O)Nc3cccc(F)c3)N(CCc3ccccc3F)C2=O)c1. The summed E-state index contributed by atoms with van der Waals surface area (Å²) >= 11 is 0. The molecule has 34 heavy (non-hydrogen) atoms. The van der Waals surface area contributed by atoms with E-state index < -0.39 is 35.5 Å². The van der Waals surface area contributed by atoms with Gasteiger partial charge in [0.1, 0.15) is 17.7 Å². The summed E-state index contributed by atoms with van der Waals surface area (Å²) < 4.78 is 27.6. The van der Waals surface area contributed by atoms with Gasteiger partial charge in [-0.2, -0.15) is 0 Å². The van der Waals surface area contributed by atoms with E-state index in [-0.39, 0.29) is 25.1 Å². The molecule has 1 aliphatic heterocycles. The first-order valence-corrected chi connectivity index (χ1v) is 10.8. The number of amides is 4. The Balaban J connectivity index is 1.58. The lowest BCUT2D eigenvalue weighted by Gasteiger charge is -2.21. The second-order valence-electron chi connectivity index (χ2n) is 8.11. The molecule has 174 valence electrons. The number of urea groups is 1. The van der Waals surface area contributed by atoms with Crippen molar-refractivity contribution in [3.63, 3.8) is 0 Å². The summed E-state index contributed by atoms with van der Waals surface area (Å²) in [6.07, 6.45) is -0.143. The Morgan fingerprint density at radius 1 is 0.971 bits per heavy atom. The number of nitrogens with one attached hydrogen (secondary N) is 1. The fourth-order valence-corrected chi connectivity index (χ4v) is 3.99. The Kier molecular flexibility index (Phi) is 6.67. The molecule has 6 nitrogen and oxygen atoms in total. The van der Waals surface area contributed by atoms with Gasteiger partial charge >= 0.3 is 6.03 Å². The van der Waals surface area contributed by atoms with Crippen LogP contribution in [0.5, 0.6) is 0 Å². The van der Waals surface area contributed by atoms with Gasteiger partial charge in [-0.1, -0.05) is 36.4 Å². The molecule has 4 rings (SSSR count). The Morgan fingerprint density at radius 2 is 1.74 bits per heavy atom. The molecular weight excluding hydrogens is 440 g/mol. The molecule has 3 aromatic rings. The molecule has 1 fully saturated rings. The number of anilines is 2. The molecule has 1 heterocycles. The summed E-state index contributed by atoms with van der Waals surface area (Å²) in [5, 5.41) is 2.56. The van der Waals surface area contributed by atoms with Gasteiger partial charge in [0.2, 0.25) is 5.91 Å². The Labute approximate surface area is 195 Å². The van der Waals surface area contributed by atoms with Gasteiger partial charge in [0.05, 0.1) is 12.1 Å². The fraction of sp³-hybridized carbons (Fsp3) is 0.192. The zero-order valence-electron chi connectivity index (χ0n) is 18.5. The van der Waals surface area contributed by atoms with Crippen molar-refractivity contribution < 1.29 is 23.2 Å². The van der Waals surface area contributed by atoms with Crippen molar-refractivity contribution >= 4 is 29.2 Å². The molecule has 0 bridgehead atoms. The van der Waals surface area contributed by atoms with Gasteiger partial charge in [0.15, 0.2) is 0 Å². The van der Waals surface area contributed by atoms with E-state index >= 15 is 0 Å². The third-order valence-electron chi connectivity index (χ3n) is 5.65. The molecule has 0 unspecified atom stereocenters. The zero-order valence-corrected chi connectivity index (χ0v) is 18.5. The minimum Gasteiger partial charge on any atom is -0.326 e. The summed E-state index contributed by atoms with van der Waals surface area (Å²) in [5.74, 6) is -2.00. The molecule has 0 aromatic heterocycles. The van der Waals surface area contributed by atoms with Crippen LogP contribution in [0.2, 0.25) is 0 Å². The van der Waals surface area contributed by atoms with E-state index in [4.69, 9.17) is 0 Å². The number of carbonyl (C=O) groups excluding carboxylic acids is 3. The molecule has 0 saturated carbocycles. The summed E-state index contributed by atoms with van der Waals surface area (Å²) in [6, 6.07) is 16.9. The lowest BCUT2D eigenvalue weighted by molar-refractivity contribution is -0.124. The predicted molar refractivity (Wildman–Crippen MR) is 124 cm³/mol. The van der Waals surface area contributed by atoms with Crippen LogP contribution in [0.1, 0.15) is 17.5 Å². The molecule has 1 atom stereocenters. The highest BCUT2D eigenvalue weighted by atomic mass is 19.1. The van der Waals surface area contributed by atoms with Crippen LogP contribution in [-0.4, -0.2) is 35.3 Å². The summed E-state index contributed by atoms with van der Waals surface area (Å²) in [5.41, 5.74) is 1.91. The highest BCUT2D eigenvalue weighted by molar-refractivity contribution is 6.22. The van der Waals surface area contributed by atoms with E-state index in [2.05, 4.69) is 5.32 Å². The predicted octanol–water partition coefficient (Wildman–Crippen LogP) is 4.68. The maximum absolute atomic E-state index is 14.1. The number of benzene rings is 3. The van der Waals surface area contributed by atoms with Gasteiger partial charge in [-0.15, -0.1) is 0 Å². The Morgan fingerprint density at radius 3 is 2.47 bits per heavy atom. The fourth-order valence-electron chi connectivity index (χ4n) is 3.99. The van der Waals surface area contributed by atoms with Gasteiger partial charge in [0.25, 0.3) is 5.91 Å². The van der Waals surface area contributed by atoms with Crippen LogP contribution < -0.4 is 10.2 Å². The first kappa shape index (κ1) is 23.1. The summed E-state index contributed by atoms with van der Waals surface area (Å²) in [4.78, 5) is 41.6. The monoisotopic (exact) mass is 463 g/mol. The van der Waals surface area contributed by atoms with Crippen LogP contribution >= 0.6 is 0 Å². The van der Waals surface area contributed by atoms with Crippen molar-refractivity contribution in [3.8, 4) is 0 Å². The largest absolute Gasteiger partial charge is 0.332 e. The molecule has 1 saturated heterocycles. The normalized spacial score (nSPS) is 15.7. The second kappa shape index (κ2) is 9.82. The first-order chi connectivity index (χ1) is 16.3. The average molecular weight is 463 g/mol. The van der Waals surface area contributed by atoms with Crippen LogP contribution in [0.3, 0.4) is 0 Å². The smallest absolute Gasteiger partial charge is 0.326 e. The molecule has 8 heteroatoms. The number of hydrogen-bond donors (Lipinski definition) is 1. The van der Waals surface area contributed by atoms with E-state index in [0.29, 0.717) is 11.3 Å². The van der Waals surface area contributed by atoms with E-state index in [0.717, 1.165) is 16.5 Å². The minimum atomic E-state index is -1.08. The van der Waals surface area contributed by atoms with Gasteiger partial charge in [0, 0.05) is 12.2 Å². The lowest BCUT2D eigenvalue weighted by atomic mass is 10.1. The number of hydrogen-bond acceptors (Lipinski definition) is 3. The van der Waals surface area contributed by atoms with Gasteiger partial charge < -0.3 is 10.2 Å². The lowest BCUT2D eigenvalue weighted by Crippen LogP contribution is -2.39. The van der Waals surface area contributed by atoms with E-state index in [1.165, 1.54) is 29.2 Å². The van der Waals surface area contributed by atoms with Crippen LogP contribution in [0, 0.1) is 18.6 Å².